The second kappa shape index (κ2) is 7.47. The quantitative estimate of drug-likeness (QED) is 0.875. The highest BCUT2D eigenvalue weighted by molar-refractivity contribution is 5.34. The molecule has 0 saturated carbocycles. The first-order valence-corrected chi connectivity index (χ1v) is 7.18. The molecule has 1 atom stereocenters. The largest absolute Gasteiger partial charge is 0.494 e. The molecule has 0 aliphatic rings. The van der Waals surface area contributed by atoms with Crippen LogP contribution in [-0.4, -0.2) is 6.61 Å². The molecule has 0 aliphatic heterocycles. The zero-order valence-corrected chi connectivity index (χ0v) is 12.5. The zero-order valence-electron chi connectivity index (χ0n) is 12.5. The van der Waals surface area contributed by atoms with Gasteiger partial charge in [0.15, 0.2) is 0 Å². The lowest BCUT2D eigenvalue weighted by atomic mass is 10.1. The number of nitrogens with one attached hydrogen (secondary N) is 1. The summed E-state index contributed by atoms with van der Waals surface area (Å²) in [6, 6.07) is 18.1. The number of benzene rings is 2. The van der Waals surface area contributed by atoms with Gasteiger partial charge in [0.2, 0.25) is 0 Å². The van der Waals surface area contributed by atoms with Crippen LogP contribution in [-0.2, 0) is 6.54 Å². The van der Waals surface area contributed by atoms with Gasteiger partial charge >= 0.3 is 0 Å². The Bertz CT molecular complexity index is 614. The standard InChI is InChI=1S/C18H20N2O/c1-3-21-18-7-5-4-6-17(18)13-20-14(2)16-10-8-15(12-19)9-11-16/h4-11,14,20H,3,13H2,1-2H3. The second-order valence-corrected chi connectivity index (χ2v) is 4.88. The third-order valence-electron chi connectivity index (χ3n) is 3.41. The molecule has 0 spiro atoms. The van der Waals surface area contributed by atoms with E-state index in [2.05, 4.69) is 24.4 Å². The van der Waals surface area contributed by atoms with E-state index in [0.717, 1.165) is 17.9 Å². The molecule has 0 heterocycles. The van der Waals surface area contributed by atoms with Crippen molar-refractivity contribution in [1.82, 2.24) is 5.32 Å². The second-order valence-electron chi connectivity index (χ2n) is 4.88. The van der Waals surface area contributed by atoms with Gasteiger partial charge in [-0.05, 0) is 37.6 Å². The predicted molar refractivity (Wildman–Crippen MR) is 84.0 cm³/mol. The summed E-state index contributed by atoms with van der Waals surface area (Å²) in [7, 11) is 0. The fourth-order valence-corrected chi connectivity index (χ4v) is 2.17. The van der Waals surface area contributed by atoms with Crippen molar-refractivity contribution in [3.05, 3.63) is 65.2 Å². The average Bonchev–Trinajstić information content (AvgIpc) is 2.54. The molecule has 0 amide bonds. The van der Waals surface area contributed by atoms with Crippen LogP contribution in [0.5, 0.6) is 5.75 Å². The average molecular weight is 280 g/mol. The van der Waals surface area contributed by atoms with Gasteiger partial charge in [0.1, 0.15) is 5.75 Å². The van der Waals surface area contributed by atoms with Gasteiger partial charge in [-0.1, -0.05) is 30.3 Å². The van der Waals surface area contributed by atoms with Crippen LogP contribution in [0, 0.1) is 11.3 Å². The molecule has 108 valence electrons. The molecule has 2 rings (SSSR count). The van der Waals surface area contributed by atoms with E-state index in [1.54, 1.807) is 0 Å². The molecule has 0 fully saturated rings. The van der Waals surface area contributed by atoms with E-state index in [-0.39, 0.29) is 6.04 Å². The third kappa shape index (κ3) is 4.08. The van der Waals surface area contributed by atoms with Gasteiger partial charge in [0.05, 0.1) is 18.2 Å². The van der Waals surface area contributed by atoms with E-state index in [1.807, 2.05) is 49.4 Å². The van der Waals surface area contributed by atoms with Gasteiger partial charge in [-0.2, -0.15) is 5.26 Å². The van der Waals surface area contributed by atoms with Gasteiger partial charge in [-0.15, -0.1) is 0 Å². The van der Waals surface area contributed by atoms with E-state index < -0.39 is 0 Å². The number of nitriles is 1. The Morgan fingerprint density at radius 3 is 2.52 bits per heavy atom. The molecule has 0 radical (unpaired) electrons. The van der Waals surface area contributed by atoms with Crippen molar-refractivity contribution in [2.45, 2.75) is 26.4 Å². The van der Waals surface area contributed by atoms with Crippen molar-refractivity contribution in [1.29, 1.82) is 5.26 Å². The fourth-order valence-electron chi connectivity index (χ4n) is 2.17. The Morgan fingerprint density at radius 2 is 1.86 bits per heavy atom. The Morgan fingerprint density at radius 1 is 1.14 bits per heavy atom. The number of rotatable bonds is 6. The number of ether oxygens (including phenoxy) is 1. The summed E-state index contributed by atoms with van der Waals surface area (Å²) in [5.41, 5.74) is 3.01. The highest BCUT2D eigenvalue weighted by atomic mass is 16.5. The van der Waals surface area contributed by atoms with Crippen molar-refractivity contribution in [3.63, 3.8) is 0 Å². The minimum atomic E-state index is 0.215. The Balaban J connectivity index is 2.00. The number of hydrogen-bond donors (Lipinski definition) is 1. The van der Waals surface area contributed by atoms with Crippen molar-refractivity contribution in [3.8, 4) is 11.8 Å². The summed E-state index contributed by atoms with van der Waals surface area (Å²) >= 11 is 0. The van der Waals surface area contributed by atoms with E-state index >= 15 is 0 Å². The summed E-state index contributed by atoms with van der Waals surface area (Å²) in [5.74, 6) is 0.930. The van der Waals surface area contributed by atoms with E-state index in [4.69, 9.17) is 10.00 Å². The number of nitrogens with zero attached hydrogens (tertiary/aromatic N) is 1. The molecule has 3 heteroatoms. The van der Waals surface area contributed by atoms with Gasteiger partial charge in [0.25, 0.3) is 0 Å². The topological polar surface area (TPSA) is 45.0 Å². The Kier molecular flexibility index (Phi) is 5.36. The minimum Gasteiger partial charge on any atom is -0.494 e. The van der Waals surface area contributed by atoms with Crippen molar-refractivity contribution in [2.75, 3.05) is 6.61 Å². The van der Waals surface area contributed by atoms with Crippen molar-refractivity contribution >= 4 is 0 Å². The molecule has 1 N–H and O–H groups in total. The van der Waals surface area contributed by atoms with Crippen molar-refractivity contribution < 1.29 is 4.74 Å². The smallest absolute Gasteiger partial charge is 0.123 e. The highest BCUT2D eigenvalue weighted by Gasteiger charge is 2.07. The molecule has 0 aromatic heterocycles. The molecular weight excluding hydrogens is 260 g/mol. The maximum Gasteiger partial charge on any atom is 0.123 e. The normalized spacial score (nSPS) is 11.7. The summed E-state index contributed by atoms with van der Waals surface area (Å²) < 4.78 is 5.63. The van der Waals surface area contributed by atoms with Crippen LogP contribution in [0.1, 0.15) is 36.6 Å². The van der Waals surface area contributed by atoms with Gasteiger partial charge in [0, 0.05) is 18.2 Å². The summed E-state index contributed by atoms with van der Waals surface area (Å²) in [5, 5.41) is 12.3. The molecule has 1 unspecified atom stereocenters. The van der Waals surface area contributed by atoms with Crippen LogP contribution in [0.2, 0.25) is 0 Å². The van der Waals surface area contributed by atoms with E-state index in [1.165, 1.54) is 5.56 Å². The zero-order chi connectivity index (χ0) is 15.1. The minimum absolute atomic E-state index is 0.215. The van der Waals surface area contributed by atoms with Gasteiger partial charge in [-0.3, -0.25) is 0 Å². The van der Waals surface area contributed by atoms with Crippen LogP contribution in [0.25, 0.3) is 0 Å². The number of hydrogen-bond acceptors (Lipinski definition) is 3. The van der Waals surface area contributed by atoms with Crippen LogP contribution < -0.4 is 10.1 Å². The summed E-state index contributed by atoms with van der Waals surface area (Å²) in [6.45, 7) is 5.52. The van der Waals surface area contributed by atoms with Crippen molar-refractivity contribution in [2.24, 2.45) is 0 Å². The lowest BCUT2D eigenvalue weighted by Gasteiger charge is -2.16. The molecule has 0 aliphatic carbocycles. The first-order valence-electron chi connectivity index (χ1n) is 7.18. The maximum absolute atomic E-state index is 8.82. The Labute approximate surface area is 126 Å². The predicted octanol–water partition coefficient (Wildman–Crippen LogP) is 3.81. The third-order valence-corrected chi connectivity index (χ3v) is 3.41. The molecular formula is C18H20N2O. The summed E-state index contributed by atoms with van der Waals surface area (Å²) in [6.07, 6.45) is 0. The van der Waals surface area contributed by atoms with Crippen LogP contribution in [0.4, 0.5) is 0 Å². The molecule has 21 heavy (non-hydrogen) atoms. The number of para-hydroxylation sites is 1. The first kappa shape index (κ1) is 15.1. The summed E-state index contributed by atoms with van der Waals surface area (Å²) in [4.78, 5) is 0. The van der Waals surface area contributed by atoms with Gasteiger partial charge < -0.3 is 10.1 Å². The highest BCUT2D eigenvalue weighted by Crippen LogP contribution is 2.20. The molecule has 2 aromatic carbocycles. The van der Waals surface area contributed by atoms with Crippen LogP contribution >= 0.6 is 0 Å². The van der Waals surface area contributed by atoms with Crippen LogP contribution in [0.3, 0.4) is 0 Å². The molecule has 0 saturated heterocycles. The molecule has 2 aromatic rings. The lowest BCUT2D eigenvalue weighted by Crippen LogP contribution is -2.18. The molecule has 0 bridgehead atoms. The van der Waals surface area contributed by atoms with E-state index in [0.29, 0.717) is 12.2 Å². The fraction of sp³-hybridized carbons (Fsp3) is 0.278. The van der Waals surface area contributed by atoms with Crippen LogP contribution in [0.15, 0.2) is 48.5 Å². The monoisotopic (exact) mass is 280 g/mol. The van der Waals surface area contributed by atoms with Gasteiger partial charge in [-0.25, -0.2) is 0 Å². The van der Waals surface area contributed by atoms with E-state index in [9.17, 15) is 0 Å². The SMILES string of the molecule is CCOc1ccccc1CNC(C)c1ccc(C#N)cc1. The maximum atomic E-state index is 8.82. The lowest BCUT2D eigenvalue weighted by molar-refractivity contribution is 0.335. The first-order chi connectivity index (χ1) is 10.2. The molecule has 3 nitrogen and oxygen atoms in total. The Hall–Kier alpha value is -2.31.